The summed E-state index contributed by atoms with van der Waals surface area (Å²) in [5.74, 6) is 0.824. The van der Waals surface area contributed by atoms with E-state index in [4.69, 9.17) is 4.74 Å². The first-order chi connectivity index (χ1) is 12.2. The van der Waals surface area contributed by atoms with Crippen LogP contribution in [0, 0.1) is 0 Å². The Kier molecular flexibility index (Phi) is 5.34. The predicted octanol–water partition coefficient (Wildman–Crippen LogP) is 3.76. The normalized spacial score (nSPS) is 22.5. The molecule has 4 heteroatoms. The average Bonchev–Trinajstić information content (AvgIpc) is 2.96. The first kappa shape index (κ1) is 19.2. The minimum absolute atomic E-state index is 0.00602. The van der Waals surface area contributed by atoms with Crippen LogP contribution in [0.25, 0.3) is 0 Å². The second-order valence-corrected chi connectivity index (χ2v) is 9.31. The number of carbonyl (C=O) groups excluding carboxylic acids is 1. The first-order valence-electron chi connectivity index (χ1n) is 10.1. The smallest absolute Gasteiger partial charge is 0.261 e. The van der Waals surface area contributed by atoms with E-state index in [1.807, 2.05) is 13.0 Å². The summed E-state index contributed by atoms with van der Waals surface area (Å²) < 4.78 is 6.07. The third-order valence-electron chi connectivity index (χ3n) is 5.55. The Balaban J connectivity index is 1.63. The zero-order valence-corrected chi connectivity index (χ0v) is 16.9. The monoisotopic (exact) mass is 358 g/mol. The molecular weight excluding hydrogens is 324 g/mol. The zero-order valence-electron chi connectivity index (χ0n) is 16.9. The third kappa shape index (κ3) is 4.59. The molecule has 0 radical (unpaired) electrons. The molecule has 0 unspecified atom stereocenters. The Morgan fingerprint density at radius 2 is 1.85 bits per heavy atom. The zero-order chi connectivity index (χ0) is 18.9. The van der Waals surface area contributed by atoms with E-state index < -0.39 is 6.10 Å². The number of benzene rings is 1. The molecule has 1 aliphatic heterocycles. The molecule has 2 N–H and O–H groups in total. The lowest BCUT2D eigenvalue weighted by atomic mass is 9.79. The van der Waals surface area contributed by atoms with E-state index in [9.17, 15) is 4.79 Å². The minimum Gasteiger partial charge on any atom is -0.481 e. The molecule has 0 saturated carbocycles. The van der Waals surface area contributed by atoms with E-state index in [0.29, 0.717) is 6.42 Å². The quantitative estimate of drug-likeness (QED) is 0.843. The molecule has 2 aliphatic rings. The van der Waals surface area contributed by atoms with E-state index in [1.54, 1.807) is 0 Å². The highest BCUT2D eigenvalue weighted by Crippen LogP contribution is 2.29. The number of rotatable bonds is 5. The van der Waals surface area contributed by atoms with Gasteiger partial charge in [0.25, 0.3) is 5.91 Å². The van der Waals surface area contributed by atoms with Gasteiger partial charge in [0.2, 0.25) is 0 Å². The first-order valence-corrected chi connectivity index (χ1v) is 10.1. The Hall–Kier alpha value is -1.55. The van der Waals surface area contributed by atoms with Crippen molar-refractivity contribution in [3.63, 3.8) is 0 Å². The molecule has 0 spiro atoms. The van der Waals surface area contributed by atoms with Gasteiger partial charge < -0.3 is 15.4 Å². The number of carbonyl (C=O) groups is 1. The van der Waals surface area contributed by atoms with Crippen LogP contribution in [0.2, 0.25) is 0 Å². The largest absolute Gasteiger partial charge is 0.481 e. The summed E-state index contributed by atoms with van der Waals surface area (Å²) in [5, 5.41) is 6.91. The van der Waals surface area contributed by atoms with Crippen molar-refractivity contribution in [2.45, 2.75) is 96.4 Å². The van der Waals surface area contributed by atoms with Gasteiger partial charge >= 0.3 is 0 Å². The van der Waals surface area contributed by atoms with Crippen LogP contribution in [0.5, 0.6) is 5.75 Å². The maximum absolute atomic E-state index is 12.8. The second-order valence-electron chi connectivity index (χ2n) is 9.31. The fourth-order valence-corrected chi connectivity index (χ4v) is 4.83. The maximum Gasteiger partial charge on any atom is 0.261 e. The van der Waals surface area contributed by atoms with Crippen LogP contribution >= 0.6 is 0 Å². The number of fused-ring (bicyclic) bond motifs is 1. The molecule has 1 aromatic rings. The van der Waals surface area contributed by atoms with E-state index in [0.717, 1.165) is 31.4 Å². The van der Waals surface area contributed by atoms with Crippen LogP contribution in [-0.4, -0.2) is 29.1 Å². The number of amides is 1. The van der Waals surface area contributed by atoms with Crippen molar-refractivity contribution in [3.8, 4) is 5.75 Å². The molecule has 1 aromatic carbocycles. The van der Waals surface area contributed by atoms with Gasteiger partial charge in [-0.05, 0) is 89.5 Å². The summed E-state index contributed by atoms with van der Waals surface area (Å²) in [7, 11) is 0. The van der Waals surface area contributed by atoms with Crippen LogP contribution in [0.15, 0.2) is 18.2 Å². The topological polar surface area (TPSA) is 50.4 Å². The van der Waals surface area contributed by atoms with Gasteiger partial charge in [0.15, 0.2) is 6.10 Å². The molecule has 1 fully saturated rings. The molecule has 3 rings (SSSR count). The third-order valence-corrected chi connectivity index (χ3v) is 5.55. The van der Waals surface area contributed by atoms with Crippen molar-refractivity contribution < 1.29 is 9.53 Å². The van der Waals surface area contributed by atoms with Crippen LogP contribution in [0.3, 0.4) is 0 Å². The van der Waals surface area contributed by atoms with Crippen LogP contribution in [0.4, 0.5) is 0 Å². The molecule has 144 valence electrons. The Morgan fingerprint density at radius 3 is 2.50 bits per heavy atom. The molecule has 4 nitrogen and oxygen atoms in total. The molecule has 0 bridgehead atoms. The molecule has 1 saturated heterocycles. The lowest BCUT2D eigenvalue weighted by Crippen LogP contribution is -2.62. The summed E-state index contributed by atoms with van der Waals surface area (Å²) in [6, 6.07) is 6.46. The fourth-order valence-electron chi connectivity index (χ4n) is 4.83. The second kappa shape index (κ2) is 7.22. The molecule has 1 aliphatic carbocycles. The Morgan fingerprint density at radius 1 is 1.19 bits per heavy atom. The average molecular weight is 359 g/mol. The number of ether oxygens (including phenoxy) is 1. The van der Waals surface area contributed by atoms with Gasteiger partial charge in [0, 0.05) is 17.1 Å². The fraction of sp³-hybridized carbons (Fsp3) is 0.682. The number of piperidine rings is 1. The highest BCUT2D eigenvalue weighted by atomic mass is 16.5. The van der Waals surface area contributed by atoms with Crippen molar-refractivity contribution in [1.29, 1.82) is 0 Å². The van der Waals surface area contributed by atoms with Crippen molar-refractivity contribution in [2.24, 2.45) is 0 Å². The summed E-state index contributed by atoms with van der Waals surface area (Å²) in [6.45, 7) is 10.8. The highest BCUT2D eigenvalue weighted by Gasteiger charge is 2.38. The molecule has 1 amide bonds. The van der Waals surface area contributed by atoms with Gasteiger partial charge in [-0.25, -0.2) is 0 Å². The van der Waals surface area contributed by atoms with Gasteiger partial charge in [-0.15, -0.1) is 0 Å². The van der Waals surface area contributed by atoms with Crippen molar-refractivity contribution in [1.82, 2.24) is 10.6 Å². The number of hydrogen-bond acceptors (Lipinski definition) is 3. The SMILES string of the molecule is CC[C@H](Oc1ccc2c(c1)CCC2)C(=O)NC1CC(C)(C)NC(C)(C)C1. The van der Waals surface area contributed by atoms with Gasteiger partial charge in [0.1, 0.15) is 5.75 Å². The predicted molar refractivity (Wildman–Crippen MR) is 106 cm³/mol. The standard InChI is InChI=1S/C22H34N2O2/c1-6-19(26-18-11-10-15-8-7-9-16(15)12-18)20(25)23-17-13-21(2,3)24-22(4,5)14-17/h10-12,17,19,24H,6-9,13-14H2,1-5H3,(H,23,25)/t19-/m0/s1. The van der Waals surface area contributed by atoms with Gasteiger partial charge in [-0.1, -0.05) is 13.0 Å². The number of hydrogen-bond donors (Lipinski definition) is 2. The Bertz CT molecular complexity index is 650. The number of nitrogens with one attached hydrogen (secondary N) is 2. The van der Waals surface area contributed by atoms with E-state index in [1.165, 1.54) is 17.5 Å². The van der Waals surface area contributed by atoms with Crippen molar-refractivity contribution in [3.05, 3.63) is 29.3 Å². The van der Waals surface area contributed by atoms with E-state index in [2.05, 4.69) is 50.5 Å². The Labute approximate surface area is 158 Å². The lowest BCUT2D eigenvalue weighted by Gasteiger charge is -2.46. The number of aryl methyl sites for hydroxylation is 2. The highest BCUT2D eigenvalue weighted by molar-refractivity contribution is 5.81. The molecule has 1 atom stereocenters. The molecular formula is C22H34N2O2. The van der Waals surface area contributed by atoms with Gasteiger partial charge in [0.05, 0.1) is 0 Å². The summed E-state index contributed by atoms with van der Waals surface area (Å²) >= 11 is 0. The summed E-state index contributed by atoms with van der Waals surface area (Å²) in [5.41, 5.74) is 2.83. The maximum atomic E-state index is 12.8. The molecule has 1 heterocycles. The van der Waals surface area contributed by atoms with Crippen molar-refractivity contribution >= 4 is 5.91 Å². The van der Waals surface area contributed by atoms with Crippen LogP contribution in [-0.2, 0) is 17.6 Å². The van der Waals surface area contributed by atoms with E-state index >= 15 is 0 Å². The molecule has 26 heavy (non-hydrogen) atoms. The van der Waals surface area contributed by atoms with E-state index in [-0.39, 0.29) is 23.0 Å². The van der Waals surface area contributed by atoms with Gasteiger partial charge in [-0.3, -0.25) is 4.79 Å². The van der Waals surface area contributed by atoms with Crippen LogP contribution < -0.4 is 15.4 Å². The van der Waals surface area contributed by atoms with Crippen molar-refractivity contribution in [2.75, 3.05) is 0 Å². The molecule has 0 aromatic heterocycles. The van der Waals surface area contributed by atoms with Crippen LogP contribution in [0.1, 0.15) is 71.4 Å². The summed E-state index contributed by atoms with van der Waals surface area (Å²) in [4.78, 5) is 12.8. The van der Waals surface area contributed by atoms with Gasteiger partial charge in [-0.2, -0.15) is 0 Å². The minimum atomic E-state index is -0.435. The lowest BCUT2D eigenvalue weighted by molar-refractivity contribution is -0.129. The summed E-state index contributed by atoms with van der Waals surface area (Å²) in [6.07, 6.45) is 5.59.